The van der Waals surface area contributed by atoms with Gasteiger partial charge in [-0.1, -0.05) is 25.3 Å². The number of benzene rings is 1. The number of ether oxygens (including phenoxy) is 3. The van der Waals surface area contributed by atoms with Gasteiger partial charge in [0, 0.05) is 26.3 Å². The van der Waals surface area contributed by atoms with Gasteiger partial charge in [-0.2, -0.15) is 0 Å². The van der Waals surface area contributed by atoms with Crippen LogP contribution in [0.1, 0.15) is 56.9 Å². The lowest BCUT2D eigenvalue weighted by atomic mass is 9.96. The fourth-order valence-corrected chi connectivity index (χ4v) is 4.79. The monoisotopic (exact) mass is 448 g/mol. The average molecular weight is 449 g/mol. The van der Waals surface area contributed by atoms with Crippen molar-refractivity contribution in [3.63, 3.8) is 0 Å². The number of nitrogens with zero attached hydrogens (tertiary/aromatic N) is 2. The molecule has 1 N–H and O–H groups in total. The molecule has 32 heavy (non-hydrogen) atoms. The molecule has 2 heterocycles. The summed E-state index contributed by atoms with van der Waals surface area (Å²) in [5.74, 6) is 2.23. The second kappa shape index (κ2) is 14.0. The van der Waals surface area contributed by atoms with Crippen molar-refractivity contribution >= 4 is 0 Å². The van der Waals surface area contributed by atoms with E-state index in [0.717, 1.165) is 51.1 Å². The minimum absolute atomic E-state index is 0.289. The lowest BCUT2D eigenvalue weighted by Crippen LogP contribution is -2.37. The van der Waals surface area contributed by atoms with Crippen molar-refractivity contribution in [2.75, 3.05) is 60.2 Å². The van der Waals surface area contributed by atoms with E-state index in [-0.39, 0.29) is 6.61 Å². The molecule has 6 heteroatoms. The summed E-state index contributed by atoms with van der Waals surface area (Å²) in [4.78, 5) is 4.75. The summed E-state index contributed by atoms with van der Waals surface area (Å²) >= 11 is 0. The van der Waals surface area contributed by atoms with Gasteiger partial charge in [0.25, 0.3) is 0 Å². The maximum absolute atomic E-state index is 10.5. The zero-order valence-corrected chi connectivity index (χ0v) is 20.3. The van der Waals surface area contributed by atoms with Crippen molar-refractivity contribution in [1.29, 1.82) is 0 Å². The fraction of sp³-hybridized carbons (Fsp3) is 0.769. The van der Waals surface area contributed by atoms with Gasteiger partial charge in [0.1, 0.15) is 12.7 Å². The van der Waals surface area contributed by atoms with Crippen LogP contribution in [0.15, 0.2) is 18.2 Å². The van der Waals surface area contributed by atoms with Gasteiger partial charge < -0.3 is 29.1 Å². The zero-order chi connectivity index (χ0) is 22.6. The van der Waals surface area contributed by atoms with E-state index >= 15 is 0 Å². The van der Waals surface area contributed by atoms with Crippen molar-refractivity contribution in [2.24, 2.45) is 5.92 Å². The molecule has 0 bridgehead atoms. The van der Waals surface area contributed by atoms with Gasteiger partial charge in [0.2, 0.25) is 0 Å². The Morgan fingerprint density at radius 3 is 2.53 bits per heavy atom. The smallest absolute Gasteiger partial charge is 0.161 e. The summed E-state index contributed by atoms with van der Waals surface area (Å²) in [6.07, 6.45) is 9.53. The third-order valence-electron chi connectivity index (χ3n) is 6.79. The highest BCUT2D eigenvalue weighted by Crippen LogP contribution is 2.29. The molecule has 3 rings (SSSR count). The predicted molar refractivity (Wildman–Crippen MR) is 129 cm³/mol. The molecule has 1 atom stereocenters. The summed E-state index contributed by atoms with van der Waals surface area (Å²) < 4.78 is 17.0. The Morgan fingerprint density at radius 2 is 1.81 bits per heavy atom. The number of β-amino-alcohol motifs (C(OH)–C–C–N with tert-alkyl or cyclic N) is 1. The lowest BCUT2D eigenvalue weighted by Gasteiger charge is -2.27. The number of likely N-dealkylation sites (tertiary alicyclic amines) is 1. The van der Waals surface area contributed by atoms with Gasteiger partial charge in [0.15, 0.2) is 11.5 Å². The maximum Gasteiger partial charge on any atom is 0.161 e. The molecule has 0 aliphatic carbocycles. The summed E-state index contributed by atoms with van der Waals surface area (Å²) in [5, 5.41) is 10.5. The van der Waals surface area contributed by atoms with Crippen LogP contribution in [0.2, 0.25) is 0 Å². The maximum atomic E-state index is 10.5. The molecule has 2 aliphatic heterocycles. The lowest BCUT2D eigenvalue weighted by molar-refractivity contribution is 0.0607. The first kappa shape index (κ1) is 25.3. The SMILES string of the molecule is COc1cc(CN(C)CCC2CCOCC2)ccc1OCC(O)CN1CCCCCCC1. The standard InChI is InChI=1S/C26H44N2O4/c1-27(15-10-22-11-16-31-17-12-22)19-23-8-9-25(26(18-23)30-2)32-21-24(29)20-28-13-6-4-3-5-7-14-28/h8-9,18,22,24,29H,3-7,10-17,19-21H2,1-2H3. The van der Waals surface area contributed by atoms with E-state index in [2.05, 4.69) is 29.0 Å². The van der Waals surface area contributed by atoms with Crippen molar-refractivity contribution in [2.45, 2.75) is 64.0 Å². The van der Waals surface area contributed by atoms with Crippen LogP contribution >= 0.6 is 0 Å². The van der Waals surface area contributed by atoms with E-state index in [1.807, 2.05) is 6.07 Å². The molecule has 2 fully saturated rings. The predicted octanol–water partition coefficient (Wildman–Crippen LogP) is 3.95. The molecule has 1 aromatic rings. The number of aliphatic hydroxyl groups excluding tert-OH is 1. The Kier molecular flexibility index (Phi) is 11.1. The first-order valence-electron chi connectivity index (χ1n) is 12.6. The topological polar surface area (TPSA) is 54.4 Å². The van der Waals surface area contributed by atoms with E-state index in [1.165, 1.54) is 56.9 Å². The number of methoxy groups -OCH3 is 1. The van der Waals surface area contributed by atoms with E-state index < -0.39 is 6.10 Å². The Labute approximate surface area is 194 Å². The Morgan fingerprint density at radius 1 is 1.09 bits per heavy atom. The third-order valence-corrected chi connectivity index (χ3v) is 6.79. The van der Waals surface area contributed by atoms with E-state index in [1.54, 1.807) is 7.11 Å². The van der Waals surface area contributed by atoms with E-state index in [4.69, 9.17) is 14.2 Å². The van der Waals surface area contributed by atoms with Crippen LogP contribution in [0, 0.1) is 5.92 Å². The van der Waals surface area contributed by atoms with Crippen molar-refractivity contribution in [3.05, 3.63) is 23.8 Å². The van der Waals surface area contributed by atoms with Crippen LogP contribution in [0.5, 0.6) is 11.5 Å². The quantitative estimate of drug-likeness (QED) is 0.553. The minimum Gasteiger partial charge on any atom is -0.493 e. The molecule has 0 radical (unpaired) electrons. The van der Waals surface area contributed by atoms with Gasteiger partial charge in [0.05, 0.1) is 7.11 Å². The van der Waals surface area contributed by atoms with Crippen molar-refractivity contribution < 1.29 is 19.3 Å². The number of rotatable bonds is 11. The fourth-order valence-electron chi connectivity index (χ4n) is 4.79. The van der Waals surface area contributed by atoms with Gasteiger partial charge in [-0.05, 0) is 82.4 Å². The highest BCUT2D eigenvalue weighted by Gasteiger charge is 2.16. The largest absolute Gasteiger partial charge is 0.493 e. The van der Waals surface area contributed by atoms with Gasteiger partial charge in [-0.15, -0.1) is 0 Å². The Bertz CT molecular complexity index is 643. The molecule has 0 saturated carbocycles. The highest BCUT2D eigenvalue weighted by molar-refractivity contribution is 5.43. The first-order chi connectivity index (χ1) is 15.6. The minimum atomic E-state index is -0.491. The van der Waals surface area contributed by atoms with Gasteiger partial charge in [-0.25, -0.2) is 0 Å². The molecule has 182 valence electrons. The van der Waals surface area contributed by atoms with E-state index in [9.17, 15) is 5.11 Å². The summed E-state index contributed by atoms with van der Waals surface area (Å²) in [6, 6.07) is 6.14. The van der Waals surface area contributed by atoms with Crippen LogP contribution < -0.4 is 9.47 Å². The normalized spacial score (nSPS) is 20.0. The van der Waals surface area contributed by atoms with E-state index in [0.29, 0.717) is 12.3 Å². The summed E-state index contributed by atoms with van der Waals surface area (Å²) in [5.41, 5.74) is 1.21. The van der Waals surface area contributed by atoms with Crippen LogP contribution in [-0.2, 0) is 11.3 Å². The van der Waals surface area contributed by atoms with Gasteiger partial charge in [-0.3, -0.25) is 0 Å². The molecule has 0 aromatic heterocycles. The second-order valence-electron chi connectivity index (χ2n) is 9.60. The highest BCUT2D eigenvalue weighted by atomic mass is 16.5. The molecular formula is C26H44N2O4. The van der Waals surface area contributed by atoms with Crippen molar-refractivity contribution in [1.82, 2.24) is 9.80 Å². The average Bonchev–Trinajstić information content (AvgIpc) is 2.79. The number of aliphatic hydroxyl groups is 1. The summed E-state index contributed by atoms with van der Waals surface area (Å²) in [6.45, 7) is 6.94. The van der Waals surface area contributed by atoms with Crippen LogP contribution in [0.25, 0.3) is 0 Å². The van der Waals surface area contributed by atoms with Gasteiger partial charge >= 0.3 is 0 Å². The Balaban J connectivity index is 1.43. The van der Waals surface area contributed by atoms with Crippen LogP contribution in [-0.4, -0.2) is 81.2 Å². The third kappa shape index (κ3) is 8.89. The number of hydrogen-bond acceptors (Lipinski definition) is 6. The zero-order valence-electron chi connectivity index (χ0n) is 20.3. The molecule has 0 spiro atoms. The molecule has 0 amide bonds. The van der Waals surface area contributed by atoms with Crippen molar-refractivity contribution in [3.8, 4) is 11.5 Å². The molecule has 2 saturated heterocycles. The molecular weight excluding hydrogens is 404 g/mol. The second-order valence-corrected chi connectivity index (χ2v) is 9.60. The number of hydrogen-bond donors (Lipinski definition) is 1. The molecule has 2 aliphatic rings. The molecule has 1 aromatic carbocycles. The molecule has 1 unspecified atom stereocenters. The van der Waals surface area contributed by atoms with Crippen LogP contribution in [0.4, 0.5) is 0 Å². The Hall–Kier alpha value is -1.34. The van der Waals surface area contributed by atoms with Crippen LogP contribution in [0.3, 0.4) is 0 Å². The summed E-state index contributed by atoms with van der Waals surface area (Å²) in [7, 11) is 3.86. The first-order valence-corrected chi connectivity index (χ1v) is 12.6. The molecule has 6 nitrogen and oxygen atoms in total.